The molecule has 2 heterocycles. The van der Waals surface area contributed by atoms with Crippen LogP contribution >= 0.6 is 0 Å². The summed E-state index contributed by atoms with van der Waals surface area (Å²) < 4.78 is 27.4. The van der Waals surface area contributed by atoms with Gasteiger partial charge in [-0.1, -0.05) is 13.0 Å². The summed E-state index contributed by atoms with van der Waals surface area (Å²) in [6.07, 6.45) is 1.85. The first-order chi connectivity index (χ1) is 15.5. The van der Waals surface area contributed by atoms with E-state index in [9.17, 15) is 18.7 Å². The molecule has 0 spiro atoms. The van der Waals surface area contributed by atoms with Crippen molar-refractivity contribution < 1.29 is 18.7 Å². The van der Waals surface area contributed by atoms with E-state index in [1.807, 2.05) is 13.8 Å². The number of benzene rings is 1. The average Bonchev–Trinajstić information content (AvgIpc) is 3.07. The third-order valence-electron chi connectivity index (χ3n) is 6.54. The Morgan fingerprint density at radius 2 is 1.91 bits per heavy atom. The van der Waals surface area contributed by atoms with Gasteiger partial charge in [-0.25, -0.2) is 18.7 Å². The molecule has 1 aromatic carbocycles. The first-order valence-corrected chi connectivity index (χ1v) is 11.4. The van der Waals surface area contributed by atoms with E-state index in [0.29, 0.717) is 50.3 Å². The summed E-state index contributed by atoms with van der Waals surface area (Å²) in [7, 11) is 0. The number of nitrogens with two attached hydrogens (primary N) is 1. The summed E-state index contributed by atoms with van der Waals surface area (Å²) in [5, 5.41) is 10.3. The van der Waals surface area contributed by atoms with Crippen LogP contribution in [0.3, 0.4) is 0 Å². The van der Waals surface area contributed by atoms with Gasteiger partial charge in [-0.2, -0.15) is 0 Å². The Morgan fingerprint density at radius 3 is 2.55 bits per heavy atom. The minimum Gasteiger partial charge on any atom is -0.387 e. The fourth-order valence-corrected chi connectivity index (χ4v) is 4.92. The summed E-state index contributed by atoms with van der Waals surface area (Å²) in [5.74, 6) is -1.74. The second kappa shape index (κ2) is 8.95. The smallest absolute Gasteiger partial charge is 0.230 e. The Hall–Kier alpha value is -2.65. The Morgan fingerprint density at radius 1 is 1.21 bits per heavy atom. The van der Waals surface area contributed by atoms with Gasteiger partial charge in [0.2, 0.25) is 5.91 Å². The quantitative estimate of drug-likeness (QED) is 0.714. The molecule has 3 atom stereocenters. The van der Waals surface area contributed by atoms with Crippen LogP contribution in [0.5, 0.6) is 0 Å². The first-order valence-electron chi connectivity index (χ1n) is 11.4. The van der Waals surface area contributed by atoms with Crippen molar-refractivity contribution in [2.24, 2.45) is 5.73 Å². The van der Waals surface area contributed by atoms with Crippen molar-refractivity contribution in [3.05, 3.63) is 53.0 Å². The first kappa shape index (κ1) is 23.5. The molecule has 33 heavy (non-hydrogen) atoms. The number of nitrogens with zero attached hydrogens (tertiary/aromatic N) is 4. The number of hydrogen-bond acceptors (Lipinski definition) is 6. The minimum atomic E-state index is -0.973. The van der Waals surface area contributed by atoms with Crippen LogP contribution in [-0.2, 0) is 4.79 Å². The molecule has 1 saturated heterocycles. The van der Waals surface area contributed by atoms with Crippen LogP contribution in [-0.4, -0.2) is 57.6 Å². The molecular formula is C24H31F2N5O2. The normalized spacial score (nSPS) is 21.8. The lowest BCUT2D eigenvalue weighted by Gasteiger charge is -2.38. The average molecular weight is 460 g/mol. The van der Waals surface area contributed by atoms with Gasteiger partial charge in [-0.3, -0.25) is 4.79 Å². The summed E-state index contributed by atoms with van der Waals surface area (Å²) in [5.41, 5.74) is 7.64. The molecule has 7 nitrogen and oxygen atoms in total. The molecule has 0 saturated carbocycles. The van der Waals surface area contributed by atoms with E-state index in [1.165, 1.54) is 12.4 Å². The zero-order chi connectivity index (χ0) is 23.9. The number of carbonyl (C=O) groups excluding carboxylic acids is 1. The number of fused-ring (bicyclic) bond motifs is 1. The van der Waals surface area contributed by atoms with Crippen LogP contribution in [0.1, 0.15) is 68.4 Å². The van der Waals surface area contributed by atoms with E-state index in [2.05, 4.69) is 21.8 Å². The van der Waals surface area contributed by atoms with Gasteiger partial charge in [0.05, 0.1) is 17.7 Å². The van der Waals surface area contributed by atoms with Crippen LogP contribution in [0, 0.1) is 11.6 Å². The van der Waals surface area contributed by atoms with Gasteiger partial charge in [-0.05, 0) is 50.3 Å². The third kappa shape index (κ3) is 4.84. The van der Waals surface area contributed by atoms with Crippen molar-refractivity contribution in [2.75, 3.05) is 31.1 Å². The van der Waals surface area contributed by atoms with E-state index in [-0.39, 0.29) is 11.8 Å². The van der Waals surface area contributed by atoms with Gasteiger partial charge < -0.3 is 20.6 Å². The fraction of sp³-hybridized carbons (Fsp3) is 0.542. The molecule has 9 heteroatoms. The number of halogens is 2. The highest BCUT2D eigenvalue weighted by Crippen LogP contribution is 2.42. The molecule has 1 unspecified atom stereocenters. The van der Waals surface area contributed by atoms with Crippen molar-refractivity contribution in [3.8, 4) is 0 Å². The van der Waals surface area contributed by atoms with Crippen LogP contribution in [0.25, 0.3) is 0 Å². The number of aliphatic hydroxyl groups excluding tert-OH is 1. The third-order valence-corrected chi connectivity index (χ3v) is 6.54. The Balaban J connectivity index is 1.51. The van der Waals surface area contributed by atoms with Crippen molar-refractivity contribution >= 4 is 11.7 Å². The summed E-state index contributed by atoms with van der Waals surface area (Å²) in [6, 6.07) is 3.61. The molecule has 1 aromatic heterocycles. The number of carbonyl (C=O) groups is 1. The predicted octanol–water partition coefficient (Wildman–Crippen LogP) is 2.86. The maximum atomic E-state index is 13.9. The largest absolute Gasteiger partial charge is 0.387 e. The number of rotatable bonds is 5. The number of hydrogen-bond donors (Lipinski definition) is 2. The monoisotopic (exact) mass is 459 g/mol. The highest BCUT2D eigenvalue weighted by atomic mass is 19.2. The number of aromatic nitrogens is 2. The highest BCUT2D eigenvalue weighted by molar-refractivity contribution is 5.84. The van der Waals surface area contributed by atoms with Gasteiger partial charge in [0.1, 0.15) is 12.1 Å². The van der Waals surface area contributed by atoms with Crippen LogP contribution in [0.4, 0.5) is 14.6 Å². The molecule has 3 N–H and O–H groups in total. The molecule has 0 bridgehead atoms. The van der Waals surface area contributed by atoms with Gasteiger partial charge in [0.15, 0.2) is 11.6 Å². The molecule has 178 valence electrons. The molecule has 1 amide bonds. The molecule has 4 rings (SSSR count). The van der Waals surface area contributed by atoms with Crippen LogP contribution in [0.2, 0.25) is 0 Å². The number of amides is 1. The molecule has 1 fully saturated rings. The zero-order valence-corrected chi connectivity index (χ0v) is 19.3. The number of anilines is 1. The predicted molar refractivity (Wildman–Crippen MR) is 121 cm³/mol. The lowest BCUT2D eigenvalue weighted by molar-refractivity contribution is -0.133. The summed E-state index contributed by atoms with van der Waals surface area (Å²) in [4.78, 5) is 26.1. The lowest BCUT2D eigenvalue weighted by Crippen LogP contribution is -2.51. The second-order valence-corrected chi connectivity index (χ2v) is 9.88. The van der Waals surface area contributed by atoms with Gasteiger partial charge in [-0.15, -0.1) is 0 Å². The molecular weight excluding hydrogens is 428 g/mol. The fourth-order valence-electron chi connectivity index (χ4n) is 4.92. The summed E-state index contributed by atoms with van der Waals surface area (Å²) >= 11 is 0. The van der Waals surface area contributed by atoms with Crippen LogP contribution < -0.4 is 10.6 Å². The lowest BCUT2D eigenvalue weighted by atomic mass is 9.85. The molecule has 2 aliphatic rings. The molecule has 1 aliphatic carbocycles. The van der Waals surface area contributed by atoms with Crippen molar-refractivity contribution in [3.63, 3.8) is 0 Å². The topological polar surface area (TPSA) is 95.6 Å². The van der Waals surface area contributed by atoms with E-state index in [0.717, 1.165) is 23.5 Å². The Kier molecular flexibility index (Phi) is 6.37. The highest BCUT2D eigenvalue weighted by Gasteiger charge is 2.36. The van der Waals surface area contributed by atoms with Crippen molar-refractivity contribution in [2.45, 2.75) is 57.1 Å². The van der Waals surface area contributed by atoms with E-state index in [1.54, 1.807) is 4.90 Å². The minimum absolute atomic E-state index is 0.143. The van der Waals surface area contributed by atoms with E-state index >= 15 is 0 Å². The maximum absolute atomic E-state index is 13.9. The SMILES string of the molecule is C[C@@H]1C[C@@H](O)c2ncnc(N3CCN(C(=O)C(CC(C)(C)N)c4ccc(F)c(F)c4)CC3)c21. The Bertz CT molecular complexity index is 1030. The zero-order valence-electron chi connectivity index (χ0n) is 19.3. The van der Waals surface area contributed by atoms with Crippen molar-refractivity contribution in [1.82, 2.24) is 14.9 Å². The van der Waals surface area contributed by atoms with Gasteiger partial charge >= 0.3 is 0 Å². The standard InChI is InChI=1S/C24H31F2N5O2/c1-14-10-19(32)21-20(14)22(29-13-28-21)30-6-8-31(9-7-30)23(33)16(12-24(2,3)27)15-4-5-17(25)18(26)11-15/h4-5,11,13-14,16,19,32H,6-10,12,27H2,1-3H3/t14-,16?,19-/m1/s1. The summed E-state index contributed by atoms with van der Waals surface area (Å²) in [6.45, 7) is 7.79. The molecule has 1 aliphatic heterocycles. The van der Waals surface area contributed by atoms with Gasteiger partial charge in [0.25, 0.3) is 0 Å². The van der Waals surface area contributed by atoms with E-state index in [4.69, 9.17) is 5.73 Å². The second-order valence-electron chi connectivity index (χ2n) is 9.88. The van der Waals surface area contributed by atoms with Crippen molar-refractivity contribution in [1.29, 1.82) is 0 Å². The van der Waals surface area contributed by atoms with Crippen LogP contribution in [0.15, 0.2) is 24.5 Å². The molecule has 2 aromatic rings. The number of aliphatic hydroxyl groups is 1. The Labute approximate surface area is 192 Å². The number of piperazine rings is 1. The maximum Gasteiger partial charge on any atom is 0.230 e. The van der Waals surface area contributed by atoms with Gasteiger partial charge in [0, 0.05) is 37.3 Å². The van der Waals surface area contributed by atoms with E-state index < -0.39 is 29.2 Å². The molecule has 0 radical (unpaired) electrons.